The third-order valence-corrected chi connectivity index (χ3v) is 6.42. The largest absolute Gasteiger partial charge is 0.450 e. The summed E-state index contributed by atoms with van der Waals surface area (Å²) < 4.78 is 5.11. The van der Waals surface area contributed by atoms with E-state index in [1.54, 1.807) is 4.90 Å². The monoisotopic (exact) mass is 325 g/mol. The Bertz CT molecular complexity index is 262. The van der Waals surface area contributed by atoms with Crippen molar-refractivity contribution in [2.45, 2.75) is 29.0 Å². The summed E-state index contributed by atoms with van der Waals surface area (Å²) in [4.78, 5) is 13.6. The van der Waals surface area contributed by atoms with Gasteiger partial charge in [-0.1, -0.05) is 31.9 Å². The molecule has 2 fully saturated rings. The fourth-order valence-corrected chi connectivity index (χ4v) is 3.90. The summed E-state index contributed by atoms with van der Waals surface area (Å²) in [6, 6.07) is 0.318. The Morgan fingerprint density at radius 2 is 2.36 bits per heavy atom. The highest BCUT2D eigenvalue weighted by Gasteiger charge is 2.66. The maximum Gasteiger partial charge on any atom is 0.410 e. The number of alkyl halides is 2. The van der Waals surface area contributed by atoms with Crippen LogP contribution in [0.25, 0.3) is 0 Å². The minimum Gasteiger partial charge on any atom is -0.450 e. The molecule has 3 nitrogen and oxygen atoms in total. The van der Waals surface area contributed by atoms with Crippen LogP contribution in [0.3, 0.4) is 0 Å². The van der Waals surface area contributed by atoms with E-state index >= 15 is 0 Å². The summed E-state index contributed by atoms with van der Waals surface area (Å²) in [5.74, 6) is 0.566. The second-order valence-corrected chi connectivity index (χ2v) is 6.70. The van der Waals surface area contributed by atoms with Gasteiger partial charge in [0.25, 0.3) is 0 Å². The van der Waals surface area contributed by atoms with Crippen molar-refractivity contribution in [2.75, 3.05) is 13.2 Å². The number of piperidine rings is 1. The highest BCUT2D eigenvalue weighted by atomic mass is 79.9. The average Bonchev–Trinajstić information content (AvgIpc) is 2.02. The van der Waals surface area contributed by atoms with Crippen molar-refractivity contribution in [3.63, 3.8) is 0 Å². The Hall–Kier alpha value is 0.230. The molecule has 1 aliphatic carbocycles. The van der Waals surface area contributed by atoms with Gasteiger partial charge in [0, 0.05) is 16.8 Å². The van der Waals surface area contributed by atoms with Gasteiger partial charge in [-0.2, -0.15) is 0 Å². The van der Waals surface area contributed by atoms with E-state index in [9.17, 15) is 4.79 Å². The molecule has 0 aromatic rings. The average molecular weight is 327 g/mol. The lowest BCUT2D eigenvalue weighted by molar-refractivity contribution is -0.0611. The van der Waals surface area contributed by atoms with Gasteiger partial charge < -0.3 is 9.64 Å². The molecule has 1 heterocycles. The molecule has 14 heavy (non-hydrogen) atoms. The summed E-state index contributed by atoms with van der Waals surface area (Å²) in [6.45, 7) is 5.25. The van der Waals surface area contributed by atoms with E-state index in [1.165, 1.54) is 0 Å². The Balaban J connectivity index is 1.95. The maximum absolute atomic E-state index is 11.4. The zero-order chi connectivity index (χ0) is 10.5. The molecule has 0 aromatic heterocycles. The van der Waals surface area contributed by atoms with Gasteiger partial charge in [0.1, 0.15) is 0 Å². The van der Waals surface area contributed by atoms with Gasteiger partial charge in [0.2, 0.25) is 0 Å². The number of fused-ring (bicyclic) bond motifs is 1. The molecule has 0 unspecified atom stereocenters. The number of amides is 1. The molecule has 0 bridgehead atoms. The molecule has 80 valence electrons. The predicted molar refractivity (Wildman–Crippen MR) is 61.1 cm³/mol. The van der Waals surface area contributed by atoms with Gasteiger partial charge in [-0.25, -0.2) is 4.79 Å². The van der Waals surface area contributed by atoms with Gasteiger partial charge >= 0.3 is 6.09 Å². The van der Waals surface area contributed by atoms with Crippen molar-refractivity contribution in [3.8, 4) is 0 Å². The Morgan fingerprint density at radius 1 is 1.71 bits per heavy atom. The molecule has 1 saturated carbocycles. The first-order chi connectivity index (χ1) is 6.50. The van der Waals surface area contributed by atoms with E-state index in [-0.39, 0.29) is 10.4 Å². The molecule has 0 radical (unpaired) electrons. The third-order valence-electron chi connectivity index (χ3n) is 3.23. The Morgan fingerprint density at radius 3 is 2.86 bits per heavy atom. The molecule has 2 aliphatic rings. The normalized spacial score (nSPS) is 44.9. The molecule has 1 amide bonds. The van der Waals surface area contributed by atoms with Gasteiger partial charge in [-0.05, 0) is 13.8 Å². The summed E-state index contributed by atoms with van der Waals surface area (Å²) >= 11 is 7.28. The first-order valence-corrected chi connectivity index (χ1v) is 6.47. The molecule has 5 heteroatoms. The smallest absolute Gasteiger partial charge is 0.410 e. The minimum absolute atomic E-state index is 0.140. The van der Waals surface area contributed by atoms with Crippen LogP contribution in [-0.2, 0) is 4.74 Å². The molecule has 0 aromatic carbocycles. The van der Waals surface area contributed by atoms with Crippen LogP contribution in [0.5, 0.6) is 0 Å². The number of hydrogen-bond acceptors (Lipinski definition) is 2. The predicted octanol–water partition coefficient (Wildman–Crippen LogP) is 2.37. The SMILES string of the molecule is CCOC(=O)N1C[C@H]2[C@@H]1[C@H](Br)[C@@]2(C)Br. The van der Waals surface area contributed by atoms with Crippen LogP contribution < -0.4 is 0 Å². The van der Waals surface area contributed by atoms with Crippen LogP contribution in [0.2, 0.25) is 0 Å². The highest BCUT2D eigenvalue weighted by molar-refractivity contribution is 9.12. The zero-order valence-electron chi connectivity index (χ0n) is 8.17. The maximum atomic E-state index is 11.4. The summed E-state index contributed by atoms with van der Waals surface area (Å²) in [7, 11) is 0. The lowest BCUT2D eigenvalue weighted by atomic mass is 9.63. The van der Waals surface area contributed by atoms with Gasteiger partial charge in [0.15, 0.2) is 0 Å². The molecular formula is C9H13Br2NO2. The highest BCUT2D eigenvalue weighted by Crippen LogP contribution is 2.57. The summed E-state index contributed by atoms with van der Waals surface area (Å²) in [5.41, 5.74) is 0. The number of rotatable bonds is 1. The lowest BCUT2D eigenvalue weighted by Crippen LogP contribution is -2.79. The zero-order valence-corrected chi connectivity index (χ0v) is 11.3. The Labute approximate surface area is 100 Å². The van der Waals surface area contributed by atoms with Crippen molar-refractivity contribution in [2.24, 2.45) is 5.92 Å². The molecule has 1 saturated heterocycles. The summed E-state index contributed by atoms with van der Waals surface area (Å²) in [5, 5.41) is 0. The number of ether oxygens (including phenoxy) is 1. The van der Waals surface area contributed by atoms with Crippen LogP contribution in [-0.4, -0.2) is 39.3 Å². The quantitative estimate of drug-likeness (QED) is 0.692. The van der Waals surface area contributed by atoms with Crippen molar-refractivity contribution in [3.05, 3.63) is 0 Å². The van der Waals surface area contributed by atoms with E-state index in [0.717, 1.165) is 6.54 Å². The molecular weight excluding hydrogens is 314 g/mol. The molecule has 1 aliphatic heterocycles. The fourth-order valence-electron chi connectivity index (χ4n) is 2.22. The lowest BCUT2D eigenvalue weighted by Gasteiger charge is -2.66. The standard InChI is InChI=1S/C9H13Br2NO2/c1-3-14-8(13)12-4-5-6(12)7(10)9(5,2)11/h5-7H,3-4H2,1-2H3/t5-,6+,7-,9-/m0/s1. The number of halogens is 2. The van der Waals surface area contributed by atoms with E-state index in [2.05, 4.69) is 38.8 Å². The molecule has 2 rings (SSSR count). The molecule has 0 spiro atoms. The van der Waals surface area contributed by atoms with E-state index in [4.69, 9.17) is 4.74 Å². The van der Waals surface area contributed by atoms with Crippen molar-refractivity contribution in [1.82, 2.24) is 4.90 Å². The molecule has 4 atom stereocenters. The minimum atomic E-state index is -0.179. The number of likely N-dealkylation sites (tertiary alicyclic amines) is 1. The van der Waals surface area contributed by atoms with Crippen molar-refractivity contribution in [1.29, 1.82) is 0 Å². The van der Waals surface area contributed by atoms with Crippen LogP contribution in [0, 0.1) is 5.92 Å². The second-order valence-electron chi connectivity index (χ2n) is 4.00. The number of carbonyl (C=O) groups is 1. The van der Waals surface area contributed by atoms with Crippen molar-refractivity contribution >= 4 is 38.0 Å². The van der Waals surface area contributed by atoms with Gasteiger partial charge in [-0.15, -0.1) is 0 Å². The van der Waals surface area contributed by atoms with Crippen molar-refractivity contribution < 1.29 is 9.53 Å². The van der Waals surface area contributed by atoms with E-state index < -0.39 is 0 Å². The number of hydrogen-bond donors (Lipinski definition) is 0. The fraction of sp³-hybridized carbons (Fsp3) is 0.889. The molecule has 0 N–H and O–H groups in total. The third kappa shape index (κ3) is 1.24. The number of carbonyl (C=O) groups excluding carboxylic acids is 1. The van der Waals surface area contributed by atoms with Crippen LogP contribution in [0.15, 0.2) is 0 Å². The topological polar surface area (TPSA) is 29.5 Å². The Kier molecular flexibility index (Phi) is 2.59. The number of nitrogens with zero attached hydrogens (tertiary/aromatic N) is 1. The second kappa shape index (κ2) is 3.37. The van der Waals surface area contributed by atoms with Crippen LogP contribution in [0.1, 0.15) is 13.8 Å². The van der Waals surface area contributed by atoms with Gasteiger partial charge in [0.05, 0.1) is 17.5 Å². The van der Waals surface area contributed by atoms with Crippen LogP contribution >= 0.6 is 31.9 Å². The summed E-state index contributed by atoms with van der Waals surface area (Å²) in [6.07, 6.45) is -0.179. The first-order valence-electron chi connectivity index (χ1n) is 4.76. The van der Waals surface area contributed by atoms with Gasteiger partial charge in [-0.3, -0.25) is 0 Å². The van der Waals surface area contributed by atoms with Crippen LogP contribution in [0.4, 0.5) is 4.79 Å². The van der Waals surface area contributed by atoms with E-state index in [1.807, 2.05) is 6.92 Å². The van der Waals surface area contributed by atoms with E-state index in [0.29, 0.717) is 23.4 Å². The first kappa shape index (κ1) is 10.7.